The van der Waals surface area contributed by atoms with E-state index in [4.69, 9.17) is 9.84 Å². The molecule has 2 heterocycles. The summed E-state index contributed by atoms with van der Waals surface area (Å²) in [6.07, 6.45) is 3.06. The lowest BCUT2D eigenvalue weighted by molar-refractivity contribution is 0.0685. The average Bonchev–Trinajstić information content (AvgIpc) is 2.65. The monoisotopic (exact) mass is 340 g/mol. The topological polar surface area (TPSA) is 79.7 Å². The maximum absolute atomic E-state index is 12.6. The van der Waals surface area contributed by atoms with Crippen molar-refractivity contribution in [3.8, 4) is 5.75 Å². The summed E-state index contributed by atoms with van der Waals surface area (Å²) in [5, 5.41) is 8.88. The van der Waals surface area contributed by atoms with Gasteiger partial charge >= 0.3 is 5.97 Å². The fraction of sp³-hybridized carbons (Fsp3) is 0.316. The van der Waals surface area contributed by atoms with Crippen molar-refractivity contribution in [2.45, 2.75) is 26.3 Å². The van der Waals surface area contributed by atoms with Gasteiger partial charge in [-0.1, -0.05) is 13.0 Å². The zero-order valence-electron chi connectivity index (χ0n) is 14.1. The molecule has 1 aliphatic heterocycles. The van der Waals surface area contributed by atoms with Gasteiger partial charge in [0.1, 0.15) is 11.4 Å². The number of carboxylic acid groups (broad SMARTS) is 1. The summed E-state index contributed by atoms with van der Waals surface area (Å²) in [6, 6.07) is 8.86. The van der Waals surface area contributed by atoms with Crippen LogP contribution in [0.5, 0.6) is 5.75 Å². The van der Waals surface area contributed by atoms with Gasteiger partial charge in [-0.15, -0.1) is 0 Å². The van der Waals surface area contributed by atoms with Gasteiger partial charge in [0.05, 0.1) is 12.2 Å². The molecule has 6 nitrogen and oxygen atoms in total. The van der Waals surface area contributed by atoms with Crippen molar-refractivity contribution >= 4 is 11.9 Å². The highest BCUT2D eigenvalue weighted by Crippen LogP contribution is 2.25. The lowest BCUT2D eigenvalue weighted by Gasteiger charge is -2.29. The highest BCUT2D eigenvalue weighted by molar-refractivity contribution is 5.95. The van der Waals surface area contributed by atoms with E-state index in [1.807, 2.05) is 12.1 Å². The number of pyridine rings is 1. The number of rotatable bonds is 5. The smallest absolute Gasteiger partial charge is 0.354 e. The third-order valence-corrected chi connectivity index (χ3v) is 4.18. The minimum Gasteiger partial charge on any atom is -0.494 e. The number of benzene rings is 1. The Labute approximate surface area is 146 Å². The second kappa shape index (κ2) is 7.34. The van der Waals surface area contributed by atoms with Crippen LogP contribution in [0.25, 0.3) is 0 Å². The van der Waals surface area contributed by atoms with Crippen molar-refractivity contribution in [3.05, 3.63) is 58.9 Å². The van der Waals surface area contributed by atoms with Crippen LogP contribution < -0.4 is 4.74 Å². The van der Waals surface area contributed by atoms with E-state index in [9.17, 15) is 9.59 Å². The second-order valence-corrected chi connectivity index (χ2v) is 5.99. The number of nitrogens with zero attached hydrogens (tertiary/aromatic N) is 2. The molecule has 0 aliphatic carbocycles. The summed E-state index contributed by atoms with van der Waals surface area (Å²) in [6.45, 7) is 3.91. The first kappa shape index (κ1) is 17.0. The highest BCUT2D eigenvalue weighted by Gasteiger charge is 2.22. The standard InChI is InChI=1S/C19H20N2O4/c1-2-9-25-16-5-3-15-12-21(8-7-13(15)10-16)18(22)14-4-6-17(19(23)24)20-11-14/h3-6,10-11H,2,7-9,12H2,1H3,(H,23,24). The maximum Gasteiger partial charge on any atom is 0.354 e. The van der Waals surface area contributed by atoms with Gasteiger partial charge in [-0.25, -0.2) is 9.78 Å². The molecular weight excluding hydrogens is 320 g/mol. The minimum atomic E-state index is -1.10. The number of fused-ring (bicyclic) bond motifs is 1. The van der Waals surface area contributed by atoms with Crippen LogP contribution in [0.4, 0.5) is 0 Å². The van der Waals surface area contributed by atoms with Crippen molar-refractivity contribution in [1.82, 2.24) is 9.88 Å². The molecular formula is C19H20N2O4. The second-order valence-electron chi connectivity index (χ2n) is 5.99. The van der Waals surface area contributed by atoms with Crippen LogP contribution in [0.2, 0.25) is 0 Å². The number of carbonyl (C=O) groups excluding carboxylic acids is 1. The third-order valence-electron chi connectivity index (χ3n) is 4.18. The Kier molecular flexibility index (Phi) is 4.97. The number of carbonyl (C=O) groups is 2. The first-order valence-electron chi connectivity index (χ1n) is 8.31. The van der Waals surface area contributed by atoms with E-state index in [2.05, 4.69) is 18.0 Å². The van der Waals surface area contributed by atoms with E-state index in [1.165, 1.54) is 23.9 Å². The number of ether oxygens (including phenoxy) is 1. The van der Waals surface area contributed by atoms with Crippen molar-refractivity contribution in [1.29, 1.82) is 0 Å². The maximum atomic E-state index is 12.6. The Morgan fingerprint density at radius 3 is 2.76 bits per heavy atom. The van der Waals surface area contributed by atoms with E-state index in [0.717, 1.165) is 24.2 Å². The Bertz CT molecular complexity index is 787. The fourth-order valence-corrected chi connectivity index (χ4v) is 2.84. The summed E-state index contributed by atoms with van der Waals surface area (Å²) in [7, 11) is 0. The number of hydrogen-bond acceptors (Lipinski definition) is 4. The first-order valence-corrected chi connectivity index (χ1v) is 8.31. The van der Waals surface area contributed by atoms with Crippen molar-refractivity contribution < 1.29 is 19.4 Å². The predicted octanol–water partition coefficient (Wildman–Crippen LogP) is 2.77. The molecule has 0 saturated carbocycles. The summed E-state index contributed by atoms with van der Waals surface area (Å²) in [5.41, 5.74) is 2.65. The SMILES string of the molecule is CCCOc1ccc2c(c1)CCN(C(=O)c1ccc(C(=O)O)nc1)C2. The first-order chi connectivity index (χ1) is 12.1. The molecule has 1 N–H and O–H groups in total. The largest absolute Gasteiger partial charge is 0.494 e. The molecule has 2 aromatic rings. The van der Waals surface area contributed by atoms with Crippen LogP contribution in [0.1, 0.15) is 45.3 Å². The quantitative estimate of drug-likeness (QED) is 0.905. The van der Waals surface area contributed by atoms with E-state index in [1.54, 1.807) is 4.90 Å². The normalized spacial score (nSPS) is 13.2. The molecule has 25 heavy (non-hydrogen) atoms. The Hall–Kier alpha value is -2.89. The molecule has 0 saturated heterocycles. The van der Waals surface area contributed by atoms with Gasteiger partial charge in [-0.3, -0.25) is 4.79 Å². The van der Waals surface area contributed by atoms with E-state index >= 15 is 0 Å². The lowest BCUT2D eigenvalue weighted by Crippen LogP contribution is -2.36. The number of hydrogen-bond donors (Lipinski definition) is 1. The van der Waals surface area contributed by atoms with Gasteiger partial charge in [0, 0.05) is 19.3 Å². The van der Waals surface area contributed by atoms with E-state index < -0.39 is 5.97 Å². The molecule has 130 valence electrons. The molecule has 0 fully saturated rings. The van der Waals surface area contributed by atoms with Gasteiger partial charge in [0.2, 0.25) is 0 Å². The van der Waals surface area contributed by atoms with Gasteiger partial charge in [0.25, 0.3) is 5.91 Å². The van der Waals surface area contributed by atoms with Crippen LogP contribution in [0.3, 0.4) is 0 Å². The average molecular weight is 340 g/mol. The Morgan fingerprint density at radius 2 is 2.08 bits per heavy atom. The molecule has 1 amide bonds. The van der Waals surface area contributed by atoms with Crippen LogP contribution in [-0.2, 0) is 13.0 Å². The summed E-state index contributed by atoms with van der Waals surface area (Å²) in [5.74, 6) is -0.373. The van der Waals surface area contributed by atoms with Gasteiger partial charge in [0.15, 0.2) is 0 Å². The van der Waals surface area contributed by atoms with Crippen LogP contribution in [-0.4, -0.2) is 40.0 Å². The fourth-order valence-electron chi connectivity index (χ4n) is 2.84. The molecule has 1 aliphatic rings. The molecule has 0 unspecified atom stereocenters. The third kappa shape index (κ3) is 3.79. The summed E-state index contributed by atoms with van der Waals surface area (Å²) in [4.78, 5) is 29.0. The van der Waals surface area contributed by atoms with Crippen LogP contribution >= 0.6 is 0 Å². The molecule has 6 heteroatoms. The predicted molar refractivity (Wildman–Crippen MR) is 91.9 cm³/mol. The Morgan fingerprint density at radius 1 is 1.24 bits per heavy atom. The summed E-state index contributed by atoms with van der Waals surface area (Å²) >= 11 is 0. The molecule has 0 radical (unpaired) electrons. The molecule has 1 aromatic carbocycles. The minimum absolute atomic E-state index is 0.0693. The molecule has 0 atom stereocenters. The van der Waals surface area contributed by atoms with Crippen LogP contribution in [0.15, 0.2) is 36.5 Å². The van der Waals surface area contributed by atoms with Gasteiger partial charge < -0.3 is 14.7 Å². The van der Waals surface area contributed by atoms with Gasteiger partial charge in [-0.05, 0) is 48.2 Å². The lowest BCUT2D eigenvalue weighted by atomic mass is 9.99. The molecule has 3 rings (SSSR count). The summed E-state index contributed by atoms with van der Waals surface area (Å²) < 4.78 is 5.66. The van der Waals surface area contributed by atoms with Gasteiger partial charge in [-0.2, -0.15) is 0 Å². The zero-order valence-corrected chi connectivity index (χ0v) is 14.1. The van der Waals surface area contributed by atoms with Crippen molar-refractivity contribution in [2.24, 2.45) is 0 Å². The van der Waals surface area contributed by atoms with E-state index in [-0.39, 0.29) is 11.6 Å². The molecule has 0 bridgehead atoms. The number of aromatic carboxylic acids is 1. The molecule has 0 spiro atoms. The zero-order chi connectivity index (χ0) is 17.8. The van der Waals surface area contributed by atoms with Crippen molar-refractivity contribution in [2.75, 3.05) is 13.2 Å². The van der Waals surface area contributed by atoms with Crippen LogP contribution in [0, 0.1) is 0 Å². The molecule has 1 aromatic heterocycles. The number of carboxylic acids is 1. The van der Waals surface area contributed by atoms with E-state index in [0.29, 0.717) is 25.3 Å². The van der Waals surface area contributed by atoms with Crippen molar-refractivity contribution in [3.63, 3.8) is 0 Å². The number of aromatic nitrogens is 1. The Balaban J connectivity index is 1.71. The highest BCUT2D eigenvalue weighted by atomic mass is 16.5. The number of amides is 1.